The first kappa shape index (κ1) is 31.5. The van der Waals surface area contributed by atoms with Gasteiger partial charge in [-0.15, -0.1) is 0 Å². The maximum absolute atomic E-state index is 14.8. The zero-order chi connectivity index (χ0) is 30.3. The number of carbonyl (C=O) groups excluding carboxylic acids is 1. The molecule has 2 aliphatic carbocycles. The van der Waals surface area contributed by atoms with Crippen LogP contribution < -0.4 is 10.6 Å². The Balaban J connectivity index is 1.21. The summed E-state index contributed by atoms with van der Waals surface area (Å²) in [6.45, 7) is 6.52. The van der Waals surface area contributed by atoms with E-state index in [1.165, 1.54) is 19.0 Å². The Hall–Kier alpha value is -3.44. The topological polar surface area (TPSA) is 135 Å². The van der Waals surface area contributed by atoms with Gasteiger partial charge in [-0.1, -0.05) is 12.8 Å². The van der Waals surface area contributed by atoms with E-state index in [0.29, 0.717) is 30.5 Å². The summed E-state index contributed by atoms with van der Waals surface area (Å²) in [5.41, 5.74) is 1.46. The number of aromatic nitrogens is 4. The van der Waals surface area contributed by atoms with E-state index in [9.17, 15) is 19.1 Å². The van der Waals surface area contributed by atoms with E-state index in [0.717, 1.165) is 63.5 Å². The third-order valence-corrected chi connectivity index (χ3v) is 7.95. The SMILES string of the molecule is Cn1ncc(-c2nc(N[C@H]3CC[C@H](N(CCCCCCNC(=O)OC(C)(C)C)C(=O)O)CC3)ncc2F)c1CC1CC1. The highest BCUT2D eigenvalue weighted by atomic mass is 19.1. The molecule has 12 heteroatoms. The number of hydrogen-bond donors (Lipinski definition) is 3. The molecule has 0 atom stereocenters. The number of aryl methyl sites for hydroxylation is 1. The van der Waals surface area contributed by atoms with E-state index >= 15 is 0 Å². The van der Waals surface area contributed by atoms with Crippen LogP contribution in [-0.4, -0.2) is 72.7 Å². The monoisotopic (exact) mass is 587 g/mol. The van der Waals surface area contributed by atoms with Crippen LogP contribution in [-0.2, 0) is 18.2 Å². The molecule has 4 rings (SSSR count). The van der Waals surface area contributed by atoms with Crippen molar-refractivity contribution < 1.29 is 23.8 Å². The maximum Gasteiger partial charge on any atom is 0.407 e. The number of amides is 2. The van der Waals surface area contributed by atoms with Gasteiger partial charge in [0.05, 0.1) is 12.4 Å². The molecular weight excluding hydrogens is 541 g/mol. The Morgan fingerprint density at radius 3 is 2.48 bits per heavy atom. The van der Waals surface area contributed by atoms with Gasteiger partial charge in [0.25, 0.3) is 0 Å². The lowest BCUT2D eigenvalue weighted by Gasteiger charge is -2.35. The van der Waals surface area contributed by atoms with E-state index in [1.54, 1.807) is 11.1 Å². The zero-order valence-corrected chi connectivity index (χ0v) is 25.4. The lowest BCUT2D eigenvalue weighted by molar-refractivity contribution is 0.0526. The first-order valence-electron chi connectivity index (χ1n) is 15.3. The Morgan fingerprint density at radius 2 is 1.81 bits per heavy atom. The Morgan fingerprint density at radius 1 is 1.10 bits per heavy atom. The van der Waals surface area contributed by atoms with Crippen molar-refractivity contribution in [2.24, 2.45) is 13.0 Å². The van der Waals surface area contributed by atoms with Gasteiger partial charge in [-0.2, -0.15) is 5.10 Å². The molecule has 11 nitrogen and oxygen atoms in total. The summed E-state index contributed by atoms with van der Waals surface area (Å²) in [4.78, 5) is 34.0. The average molecular weight is 588 g/mol. The second kappa shape index (κ2) is 14.2. The number of nitrogens with one attached hydrogen (secondary N) is 2. The fraction of sp³-hybridized carbons (Fsp3) is 0.700. The number of carbonyl (C=O) groups is 2. The molecule has 0 radical (unpaired) electrons. The van der Waals surface area contributed by atoms with Crippen LogP contribution in [0.25, 0.3) is 11.3 Å². The van der Waals surface area contributed by atoms with Crippen LogP contribution in [0.1, 0.15) is 90.7 Å². The Labute approximate surface area is 247 Å². The molecule has 2 aromatic rings. The molecule has 232 valence electrons. The zero-order valence-electron chi connectivity index (χ0n) is 25.4. The number of rotatable bonds is 13. The van der Waals surface area contributed by atoms with Crippen LogP contribution in [0.2, 0.25) is 0 Å². The molecule has 42 heavy (non-hydrogen) atoms. The summed E-state index contributed by atoms with van der Waals surface area (Å²) in [5, 5.41) is 20.3. The second-order valence-electron chi connectivity index (χ2n) is 12.6. The summed E-state index contributed by atoms with van der Waals surface area (Å²) in [6.07, 6.45) is 11.3. The van der Waals surface area contributed by atoms with Gasteiger partial charge >= 0.3 is 12.2 Å². The molecule has 2 saturated carbocycles. The highest BCUT2D eigenvalue weighted by Gasteiger charge is 2.30. The molecule has 2 aliphatic rings. The minimum Gasteiger partial charge on any atom is -0.465 e. The number of halogens is 1. The highest BCUT2D eigenvalue weighted by molar-refractivity contribution is 5.67. The average Bonchev–Trinajstić information content (AvgIpc) is 3.67. The van der Waals surface area contributed by atoms with Gasteiger partial charge in [-0.05, 0) is 84.5 Å². The van der Waals surface area contributed by atoms with Crippen molar-refractivity contribution in [1.82, 2.24) is 30.0 Å². The molecule has 2 heterocycles. The number of nitrogens with zero attached hydrogens (tertiary/aromatic N) is 5. The minimum absolute atomic E-state index is 0.0283. The molecule has 0 saturated heterocycles. The number of carboxylic acid groups (broad SMARTS) is 1. The third kappa shape index (κ3) is 9.29. The fourth-order valence-corrected chi connectivity index (χ4v) is 5.54. The molecule has 0 unspecified atom stereocenters. The van der Waals surface area contributed by atoms with Crippen LogP contribution >= 0.6 is 0 Å². The van der Waals surface area contributed by atoms with Gasteiger partial charge < -0.3 is 25.4 Å². The molecular formula is C30H46FN7O4. The van der Waals surface area contributed by atoms with Gasteiger partial charge in [-0.3, -0.25) is 4.68 Å². The Kier molecular flexibility index (Phi) is 10.6. The van der Waals surface area contributed by atoms with Crippen LogP contribution in [0.4, 0.5) is 19.9 Å². The molecule has 2 amide bonds. The molecule has 0 aliphatic heterocycles. The molecule has 2 fully saturated rings. The molecule has 0 aromatic carbocycles. The van der Waals surface area contributed by atoms with E-state index in [4.69, 9.17) is 4.74 Å². The standard InChI is InChI=1S/C30H46FN7O4/c1-30(2,3)42-28(39)32-15-7-5-6-8-16-38(29(40)41)22-13-11-21(12-14-22)35-27-33-19-24(31)26(36-27)23-18-34-37(4)25(23)17-20-9-10-20/h18-22H,5-17H2,1-4H3,(H,32,39)(H,40,41)(H,33,35,36)/t21-,22-. The highest BCUT2D eigenvalue weighted by Crippen LogP contribution is 2.36. The lowest BCUT2D eigenvalue weighted by atomic mass is 9.90. The van der Waals surface area contributed by atoms with Crippen molar-refractivity contribution in [2.75, 3.05) is 18.4 Å². The molecule has 2 aromatic heterocycles. The van der Waals surface area contributed by atoms with Crippen molar-refractivity contribution in [3.8, 4) is 11.3 Å². The second-order valence-corrected chi connectivity index (χ2v) is 12.6. The van der Waals surface area contributed by atoms with Crippen molar-refractivity contribution in [1.29, 1.82) is 0 Å². The first-order chi connectivity index (χ1) is 20.0. The normalized spacial score (nSPS) is 18.9. The number of ether oxygens (including phenoxy) is 1. The van der Waals surface area contributed by atoms with Crippen molar-refractivity contribution in [3.63, 3.8) is 0 Å². The van der Waals surface area contributed by atoms with E-state index in [2.05, 4.69) is 25.7 Å². The number of hydrogen-bond acceptors (Lipinski definition) is 7. The summed E-state index contributed by atoms with van der Waals surface area (Å²) in [5.74, 6) is 0.549. The summed E-state index contributed by atoms with van der Waals surface area (Å²) in [7, 11) is 1.88. The van der Waals surface area contributed by atoms with Crippen molar-refractivity contribution in [2.45, 2.75) is 109 Å². The number of unbranched alkanes of at least 4 members (excludes halogenated alkanes) is 3. The summed E-state index contributed by atoms with van der Waals surface area (Å²) in [6, 6.07) is 0.0620. The third-order valence-electron chi connectivity index (χ3n) is 7.95. The molecule has 3 N–H and O–H groups in total. The predicted molar refractivity (Wildman–Crippen MR) is 158 cm³/mol. The molecule has 0 spiro atoms. The van der Waals surface area contributed by atoms with Gasteiger partial charge in [0.2, 0.25) is 5.95 Å². The molecule has 0 bridgehead atoms. The summed E-state index contributed by atoms with van der Waals surface area (Å²) < 4.78 is 21.8. The lowest BCUT2D eigenvalue weighted by Crippen LogP contribution is -2.44. The van der Waals surface area contributed by atoms with E-state index in [-0.39, 0.29) is 17.8 Å². The van der Waals surface area contributed by atoms with Crippen LogP contribution in [0, 0.1) is 11.7 Å². The fourth-order valence-electron chi connectivity index (χ4n) is 5.54. The van der Waals surface area contributed by atoms with Gasteiger partial charge in [0.1, 0.15) is 11.3 Å². The first-order valence-corrected chi connectivity index (χ1v) is 15.3. The predicted octanol–water partition coefficient (Wildman–Crippen LogP) is 5.76. The quantitative estimate of drug-likeness (QED) is 0.252. The van der Waals surface area contributed by atoms with E-state index < -0.39 is 23.6 Å². The van der Waals surface area contributed by atoms with Gasteiger partial charge in [0.15, 0.2) is 5.82 Å². The van der Waals surface area contributed by atoms with E-state index in [1.807, 2.05) is 32.5 Å². The maximum atomic E-state index is 14.8. The van der Waals surface area contributed by atoms with Crippen LogP contribution in [0.5, 0.6) is 0 Å². The van der Waals surface area contributed by atoms with Crippen molar-refractivity contribution >= 4 is 18.1 Å². The van der Waals surface area contributed by atoms with Crippen LogP contribution in [0.15, 0.2) is 12.4 Å². The van der Waals surface area contributed by atoms with Crippen molar-refractivity contribution in [3.05, 3.63) is 23.9 Å². The largest absolute Gasteiger partial charge is 0.465 e. The van der Waals surface area contributed by atoms with Gasteiger partial charge in [0, 0.05) is 43.5 Å². The Bertz CT molecular complexity index is 1200. The number of anilines is 1. The van der Waals surface area contributed by atoms with Crippen LogP contribution in [0.3, 0.4) is 0 Å². The summed E-state index contributed by atoms with van der Waals surface area (Å²) >= 11 is 0. The minimum atomic E-state index is -0.886. The number of alkyl carbamates (subject to hydrolysis) is 1. The smallest absolute Gasteiger partial charge is 0.407 e. The van der Waals surface area contributed by atoms with Gasteiger partial charge in [-0.25, -0.2) is 23.9 Å².